The second-order valence-corrected chi connectivity index (χ2v) is 5.52. The molecule has 0 spiro atoms. The van der Waals surface area contributed by atoms with E-state index in [1.807, 2.05) is 0 Å². The molecule has 0 aromatic carbocycles. The summed E-state index contributed by atoms with van der Waals surface area (Å²) in [5.74, 6) is -0.826. The van der Waals surface area contributed by atoms with Crippen LogP contribution in [0.25, 0.3) is 0 Å². The van der Waals surface area contributed by atoms with Gasteiger partial charge in [0, 0.05) is 0 Å². The summed E-state index contributed by atoms with van der Waals surface area (Å²) in [4.78, 5) is 15.3. The van der Waals surface area contributed by atoms with Gasteiger partial charge in [-0.25, -0.2) is 9.78 Å². The van der Waals surface area contributed by atoms with Gasteiger partial charge in [-0.1, -0.05) is 0 Å². The van der Waals surface area contributed by atoms with E-state index in [-0.39, 0.29) is 31.9 Å². The lowest BCUT2D eigenvalue weighted by molar-refractivity contribution is 0.0480. The zero-order valence-electron chi connectivity index (χ0n) is 11.2. The SMILES string of the molecule is CCOC(=O)c1nc(CP(=O)(OCC)OCC)co1. The predicted octanol–water partition coefficient (Wildman–Crippen LogP) is 2.62. The molecule has 7 nitrogen and oxygen atoms in total. The monoisotopic (exact) mass is 291 g/mol. The molecule has 0 fully saturated rings. The van der Waals surface area contributed by atoms with Crippen molar-refractivity contribution in [3.8, 4) is 0 Å². The molecule has 1 aromatic rings. The molecule has 8 heteroatoms. The lowest BCUT2D eigenvalue weighted by Crippen LogP contribution is -2.05. The van der Waals surface area contributed by atoms with Crippen LogP contribution < -0.4 is 0 Å². The number of esters is 1. The summed E-state index contributed by atoms with van der Waals surface area (Å²) in [5.41, 5.74) is 0.327. The van der Waals surface area contributed by atoms with Crippen molar-refractivity contribution in [1.29, 1.82) is 0 Å². The number of oxazole rings is 1. The van der Waals surface area contributed by atoms with Gasteiger partial charge < -0.3 is 18.2 Å². The van der Waals surface area contributed by atoms with Crippen LogP contribution in [0.1, 0.15) is 37.2 Å². The number of carbonyl (C=O) groups is 1. The number of rotatable bonds is 8. The van der Waals surface area contributed by atoms with Crippen LogP contribution in [0.5, 0.6) is 0 Å². The first-order chi connectivity index (χ1) is 9.04. The average molecular weight is 291 g/mol. The standard InChI is InChI=1S/C11H18NO6P/c1-4-15-11(13)10-12-9(7-16-10)8-19(14,17-5-2)18-6-3/h7H,4-6,8H2,1-3H3. The van der Waals surface area contributed by atoms with Gasteiger partial charge in [0.2, 0.25) is 0 Å². The topological polar surface area (TPSA) is 87.9 Å². The van der Waals surface area contributed by atoms with Crippen LogP contribution in [0.3, 0.4) is 0 Å². The van der Waals surface area contributed by atoms with Gasteiger partial charge in [0.05, 0.1) is 31.7 Å². The van der Waals surface area contributed by atoms with Crippen LogP contribution in [0, 0.1) is 0 Å². The van der Waals surface area contributed by atoms with Crippen molar-refractivity contribution < 1.29 is 27.6 Å². The summed E-state index contributed by atoms with van der Waals surface area (Å²) in [6.07, 6.45) is 1.20. The van der Waals surface area contributed by atoms with Crippen molar-refractivity contribution in [3.63, 3.8) is 0 Å². The first kappa shape index (κ1) is 15.9. The van der Waals surface area contributed by atoms with E-state index in [9.17, 15) is 9.36 Å². The molecule has 0 unspecified atom stereocenters. The van der Waals surface area contributed by atoms with Crippen molar-refractivity contribution in [1.82, 2.24) is 4.98 Å². The van der Waals surface area contributed by atoms with E-state index in [0.29, 0.717) is 5.69 Å². The average Bonchev–Trinajstić information content (AvgIpc) is 2.78. The van der Waals surface area contributed by atoms with Crippen LogP contribution in [0.2, 0.25) is 0 Å². The maximum atomic E-state index is 12.2. The number of aromatic nitrogens is 1. The third-order valence-corrected chi connectivity index (χ3v) is 4.02. The summed E-state index contributed by atoms with van der Waals surface area (Å²) in [7, 11) is -3.25. The fourth-order valence-electron chi connectivity index (χ4n) is 1.39. The van der Waals surface area contributed by atoms with Crippen molar-refractivity contribution in [2.75, 3.05) is 19.8 Å². The van der Waals surface area contributed by atoms with Crippen LogP contribution in [0.4, 0.5) is 0 Å². The summed E-state index contributed by atoms with van der Waals surface area (Å²) < 4.78 is 32.2. The van der Waals surface area contributed by atoms with Gasteiger partial charge in [0.25, 0.3) is 0 Å². The van der Waals surface area contributed by atoms with Gasteiger partial charge in [-0.15, -0.1) is 0 Å². The van der Waals surface area contributed by atoms with Crippen LogP contribution in [-0.2, 0) is 24.5 Å². The highest BCUT2D eigenvalue weighted by Gasteiger charge is 2.27. The summed E-state index contributed by atoms with van der Waals surface area (Å²) in [6, 6.07) is 0. The van der Waals surface area contributed by atoms with Gasteiger partial charge in [-0.3, -0.25) is 4.57 Å². The minimum absolute atomic E-state index is 0.0441. The van der Waals surface area contributed by atoms with E-state index in [2.05, 4.69) is 4.98 Å². The molecular formula is C11H18NO6P. The smallest absolute Gasteiger partial charge is 0.394 e. The van der Waals surface area contributed by atoms with E-state index in [1.54, 1.807) is 20.8 Å². The first-order valence-electron chi connectivity index (χ1n) is 6.04. The third-order valence-electron chi connectivity index (χ3n) is 2.01. The highest BCUT2D eigenvalue weighted by Crippen LogP contribution is 2.50. The van der Waals surface area contributed by atoms with E-state index >= 15 is 0 Å². The normalized spacial score (nSPS) is 11.5. The number of carbonyl (C=O) groups excluding carboxylic acids is 1. The zero-order valence-corrected chi connectivity index (χ0v) is 12.1. The molecule has 1 aromatic heterocycles. The Bertz CT molecular complexity index is 448. The molecule has 108 valence electrons. The molecule has 0 radical (unpaired) electrons. The van der Waals surface area contributed by atoms with Crippen LogP contribution in [-0.4, -0.2) is 30.8 Å². The Morgan fingerprint density at radius 1 is 1.26 bits per heavy atom. The number of hydrogen-bond acceptors (Lipinski definition) is 7. The number of ether oxygens (including phenoxy) is 1. The molecule has 0 atom stereocenters. The molecule has 1 rings (SSSR count). The minimum atomic E-state index is -3.25. The molecular weight excluding hydrogens is 273 g/mol. The summed E-state index contributed by atoms with van der Waals surface area (Å²) in [5, 5.41) is 0. The quantitative estimate of drug-likeness (QED) is 0.537. The maximum Gasteiger partial charge on any atom is 0.394 e. The summed E-state index contributed by atoms with van der Waals surface area (Å²) in [6.45, 7) is 5.88. The van der Waals surface area contributed by atoms with Crippen molar-refractivity contribution in [2.24, 2.45) is 0 Å². The van der Waals surface area contributed by atoms with E-state index < -0.39 is 13.6 Å². The molecule has 0 bridgehead atoms. The van der Waals surface area contributed by atoms with Crippen molar-refractivity contribution >= 4 is 13.6 Å². The molecule has 1 heterocycles. The highest BCUT2D eigenvalue weighted by atomic mass is 31.2. The molecule has 0 aliphatic rings. The molecule has 0 saturated carbocycles. The molecule has 0 saturated heterocycles. The van der Waals surface area contributed by atoms with E-state index in [4.69, 9.17) is 18.2 Å². The van der Waals surface area contributed by atoms with Crippen LogP contribution in [0.15, 0.2) is 10.7 Å². The molecule has 0 amide bonds. The second kappa shape index (κ2) is 7.43. The highest BCUT2D eigenvalue weighted by molar-refractivity contribution is 7.53. The Labute approximate surface area is 111 Å². The van der Waals surface area contributed by atoms with Crippen molar-refractivity contribution in [2.45, 2.75) is 26.9 Å². The third kappa shape index (κ3) is 4.78. The summed E-state index contributed by atoms with van der Waals surface area (Å²) >= 11 is 0. The van der Waals surface area contributed by atoms with Gasteiger partial charge in [0.15, 0.2) is 0 Å². The lowest BCUT2D eigenvalue weighted by atomic mass is 10.6. The molecule has 0 N–H and O–H groups in total. The number of nitrogens with zero attached hydrogens (tertiary/aromatic N) is 1. The Hall–Kier alpha value is -1.17. The van der Waals surface area contributed by atoms with E-state index in [1.165, 1.54) is 6.26 Å². The van der Waals surface area contributed by atoms with Crippen LogP contribution >= 0.6 is 7.60 Å². The number of hydrogen-bond donors (Lipinski definition) is 0. The fraction of sp³-hybridized carbons (Fsp3) is 0.636. The lowest BCUT2D eigenvalue weighted by Gasteiger charge is -2.15. The Kier molecular flexibility index (Phi) is 6.21. The molecule has 0 aliphatic carbocycles. The van der Waals surface area contributed by atoms with Crippen molar-refractivity contribution in [3.05, 3.63) is 17.8 Å². The molecule has 19 heavy (non-hydrogen) atoms. The molecule has 0 aliphatic heterocycles. The minimum Gasteiger partial charge on any atom is -0.459 e. The Balaban J connectivity index is 2.75. The first-order valence-corrected chi connectivity index (χ1v) is 7.77. The van der Waals surface area contributed by atoms with E-state index in [0.717, 1.165) is 0 Å². The zero-order chi connectivity index (χ0) is 14.3. The van der Waals surface area contributed by atoms with Gasteiger partial charge in [0.1, 0.15) is 6.26 Å². The van der Waals surface area contributed by atoms with Gasteiger partial charge in [-0.2, -0.15) is 0 Å². The Morgan fingerprint density at radius 3 is 2.42 bits per heavy atom. The predicted molar refractivity (Wildman–Crippen MR) is 67.0 cm³/mol. The second-order valence-electron chi connectivity index (χ2n) is 3.47. The fourth-order valence-corrected chi connectivity index (χ4v) is 2.97. The van der Waals surface area contributed by atoms with Gasteiger partial charge >= 0.3 is 19.5 Å². The largest absolute Gasteiger partial charge is 0.459 e. The van der Waals surface area contributed by atoms with Gasteiger partial charge in [-0.05, 0) is 20.8 Å². The Morgan fingerprint density at radius 2 is 1.89 bits per heavy atom. The maximum absolute atomic E-state index is 12.2.